The van der Waals surface area contributed by atoms with Gasteiger partial charge in [-0.25, -0.2) is 4.79 Å². The highest BCUT2D eigenvalue weighted by Crippen LogP contribution is 2.44. The van der Waals surface area contributed by atoms with Crippen LogP contribution in [-0.2, 0) is 4.79 Å². The summed E-state index contributed by atoms with van der Waals surface area (Å²) in [5.41, 5.74) is -3.90. The normalized spacial score (nSPS) is 27.1. The number of aliphatic hydroxyl groups excluding tert-OH is 1. The zero-order valence-corrected chi connectivity index (χ0v) is 14.1. The van der Waals surface area contributed by atoms with Crippen molar-refractivity contribution in [1.82, 2.24) is 10.2 Å². The van der Waals surface area contributed by atoms with Crippen LogP contribution in [0.2, 0.25) is 0 Å². The van der Waals surface area contributed by atoms with Crippen LogP contribution in [0.15, 0.2) is 24.3 Å². The van der Waals surface area contributed by atoms with Crippen molar-refractivity contribution in [1.29, 1.82) is 0 Å². The Balaban J connectivity index is 3.37. The summed E-state index contributed by atoms with van der Waals surface area (Å²) >= 11 is 0. The molecule has 0 aromatic rings. The topological polar surface area (TPSA) is 89.9 Å². The van der Waals surface area contributed by atoms with Gasteiger partial charge >= 0.3 is 12.3 Å². The predicted octanol–water partition coefficient (Wildman–Crippen LogP) is 2.31. The van der Waals surface area contributed by atoms with E-state index in [0.717, 1.165) is 36.1 Å². The number of aldehydes is 1. The molecule has 9 heteroatoms. The van der Waals surface area contributed by atoms with E-state index in [4.69, 9.17) is 5.11 Å². The number of hydrogen-bond donors (Lipinski definition) is 3. The Bertz CT molecular complexity index is 532. The number of nitrogens with zero attached hydrogens (tertiary/aromatic N) is 1. The van der Waals surface area contributed by atoms with Crippen LogP contribution in [0.25, 0.3) is 0 Å². The number of allylic oxidation sites excluding steroid dienone is 2. The summed E-state index contributed by atoms with van der Waals surface area (Å²) in [5.74, 6) is 0. The first-order chi connectivity index (χ1) is 11.6. The minimum atomic E-state index is -4.55. The Morgan fingerprint density at radius 3 is 2.24 bits per heavy atom. The summed E-state index contributed by atoms with van der Waals surface area (Å²) in [6.45, 7) is 2.30. The molecule has 0 aliphatic heterocycles. The van der Waals surface area contributed by atoms with E-state index in [9.17, 15) is 27.9 Å². The lowest BCUT2D eigenvalue weighted by atomic mass is 9.81. The van der Waals surface area contributed by atoms with Gasteiger partial charge in [-0.15, -0.1) is 0 Å². The monoisotopic (exact) mass is 364 g/mol. The molecular formula is C16H23F3N2O4. The lowest BCUT2D eigenvalue weighted by Crippen LogP contribution is -2.63. The molecule has 3 N–H and O–H groups in total. The number of hydrogen-bond acceptors (Lipinski definition) is 4. The fraction of sp³-hybridized carbons (Fsp3) is 0.625. The van der Waals surface area contributed by atoms with E-state index in [1.54, 1.807) is 6.92 Å². The van der Waals surface area contributed by atoms with Crippen molar-refractivity contribution in [3.05, 3.63) is 24.3 Å². The van der Waals surface area contributed by atoms with Crippen LogP contribution in [0.1, 0.15) is 26.7 Å². The number of carboxylic acid groups (broad SMARTS) is 1. The first-order valence-corrected chi connectivity index (χ1v) is 7.88. The molecule has 0 aromatic heterocycles. The SMILES string of the molecule is CCC[C@@H](C=O)N(C(=O)O)C1(NCCO)C=CC(C)(C(F)(F)F)C=C1. The highest BCUT2D eigenvalue weighted by molar-refractivity contribution is 5.74. The highest BCUT2D eigenvalue weighted by Gasteiger charge is 2.51. The van der Waals surface area contributed by atoms with Crippen molar-refractivity contribution < 1.29 is 33.0 Å². The molecule has 1 atom stereocenters. The lowest BCUT2D eigenvalue weighted by molar-refractivity contribution is -0.184. The smallest absolute Gasteiger partial charge is 0.409 e. The van der Waals surface area contributed by atoms with Crippen LogP contribution in [0, 0.1) is 5.41 Å². The van der Waals surface area contributed by atoms with Gasteiger partial charge in [-0.3, -0.25) is 10.2 Å². The fourth-order valence-electron chi connectivity index (χ4n) is 2.65. The van der Waals surface area contributed by atoms with E-state index in [1.165, 1.54) is 0 Å². The van der Waals surface area contributed by atoms with Gasteiger partial charge in [-0.2, -0.15) is 13.2 Å². The Labute approximate surface area is 144 Å². The molecule has 1 aliphatic rings. The molecule has 0 fully saturated rings. The van der Waals surface area contributed by atoms with Crippen LogP contribution in [-0.4, -0.2) is 58.5 Å². The number of halogens is 3. The third kappa shape index (κ3) is 4.40. The third-order valence-electron chi connectivity index (χ3n) is 4.18. The molecule has 0 radical (unpaired) electrons. The van der Waals surface area contributed by atoms with Crippen LogP contribution >= 0.6 is 0 Å². The lowest BCUT2D eigenvalue weighted by Gasteiger charge is -2.44. The molecule has 6 nitrogen and oxygen atoms in total. The van der Waals surface area contributed by atoms with Gasteiger partial charge in [0.1, 0.15) is 11.9 Å². The van der Waals surface area contributed by atoms with Crippen LogP contribution in [0.3, 0.4) is 0 Å². The van der Waals surface area contributed by atoms with Gasteiger partial charge in [0, 0.05) is 6.54 Å². The van der Waals surface area contributed by atoms with Gasteiger partial charge in [-0.1, -0.05) is 25.5 Å². The molecule has 1 amide bonds. The zero-order chi connectivity index (χ0) is 19.3. The number of rotatable bonds is 8. The molecule has 0 heterocycles. The van der Waals surface area contributed by atoms with E-state index >= 15 is 0 Å². The standard InChI is InChI=1S/C16H23F3N2O4/c1-3-4-12(11-23)21(13(24)25)15(20-9-10-22)7-5-14(2,6-8-15)16(17,18)19/h5-8,11-12,20,22H,3-4,9-10H2,1-2H3,(H,24,25)/t12-,14?,15?/m0/s1. The molecule has 0 saturated heterocycles. The maximum absolute atomic E-state index is 13.2. The van der Waals surface area contributed by atoms with Gasteiger partial charge in [0.05, 0.1) is 18.1 Å². The molecule has 142 valence electrons. The summed E-state index contributed by atoms with van der Waals surface area (Å²) in [7, 11) is 0. The summed E-state index contributed by atoms with van der Waals surface area (Å²) in [4.78, 5) is 23.9. The molecule has 1 aliphatic carbocycles. The van der Waals surface area contributed by atoms with Crippen molar-refractivity contribution in [3.8, 4) is 0 Å². The van der Waals surface area contributed by atoms with E-state index in [1.807, 2.05) is 0 Å². The third-order valence-corrected chi connectivity index (χ3v) is 4.18. The van der Waals surface area contributed by atoms with E-state index in [2.05, 4.69) is 5.32 Å². The molecule has 1 rings (SSSR count). The average Bonchev–Trinajstić information content (AvgIpc) is 2.53. The molecule has 0 bridgehead atoms. The minimum absolute atomic E-state index is 0.0705. The highest BCUT2D eigenvalue weighted by atomic mass is 19.4. The Morgan fingerprint density at radius 1 is 1.32 bits per heavy atom. The molecule has 0 spiro atoms. The van der Waals surface area contributed by atoms with Gasteiger partial charge in [0.25, 0.3) is 0 Å². The Kier molecular flexibility index (Phi) is 6.78. The summed E-state index contributed by atoms with van der Waals surface area (Å²) in [6.07, 6.45) is -0.937. The number of carbonyl (C=O) groups is 2. The second kappa shape index (κ2) is 8.01. The van der Waals surface area contributed by atoms with Gasteiger partial charge in [0.15, 0.2) is 0 Å². The first-order valence-electron chi connectivity index (χ1n) is 7.88. The van der Waals surface area contributed by atoms with Crippen molar-refractivity contribution in [2.45, 2.75) is 44.6 Å². The first kappa shape index (κ1) is 21.2. The van der Waals surface area contributed by atoms with E-state index in [0.29, 0.717) is 12.7 Å². The number of amides is 1. The molecule has 0 saturated carbocycles. The second-order valence-corrected chi connectivity index (χ2v) is 6.07. The van der Waals surface area contributed by atoms with Crippen molar-refractivity contribution in [3.63, 3.8) is 0 Å². The Morgan fingerprint density at radius 2 is 1.88 bits per heavy atom. The summed E-state index contributed by atoms with van der Waals surface area (Å²) in [6, 6.07) is -1.04. The van der Waals surface area contributed by atoms with Crippen LogP contribution in [0.4, 0.5) is 18.0 Å². The van der Waals surface area contributed by atoms with Gasteiger partial charge in [-0.05, 0) is 25.5 Å². The molecule has 25 heavy (non-hydrogen) atoms. The molecule has 0 aromatic carbocycles. The number of alkyl halides is 3. The predicted molar refractivity (Wildman–Crippen MR) is 84.9 cm³/mol. The number of carbonyl (C=O) groups excluding carboxylic acids is 1. The number of aliphatic hydroxyl groups is 1. The minimum Gasteiger partial charge on any atom is -0.465 e. The molecular weight excluding hydrogens is 341 g/mol. The largest absolute Gasteiger partial charge is 0.465 e. The zero-order valence-electron chi connectivity index (χ0n) is 14.1. The number of nitrogens with one attached hydrogen (secondary N) is 1. The maximum atomic E-state index is 13.2. The summed E-state index contributed by atoms with van der Waals surface area (Å²) in [5, 5.41) is 21.3. The van der Waals surface area contributed by atoms with Crippen LogP contribution in [0.5, 0.6) is 0 Å². The summed E-state index contributed by atoms with van der Waals surface area (Å²) < 4.78 is 39.6. The maximum Gasteiger partial charge on any atom is 0.409 e. The van der Waals surface area contributed by atoms with Crippen molar-refractivity contribution in [2.24, 2.45) is 5.41 Å². The quantitative estimate of drug-likeness (QED) is 0.349. The Hall–Kier alpha value is -1.87. The second-order valence-electron chi connectivity index (χ2n) is 6.07. The van der Waals surface area contributed by atoms with Crippen LogP contribution < -0.4 is 5.32 Å². The average molecular weight is 364 g/mol. The van der Waals surface area contributed by atoms with Gasteiger partial charge < -0.3 is 15.0 Å². The van der Waals surface area contributed by atoms with E-state index in [-0.39, 0.29) is 19.6 Å². The van der Waals surface area contributed by atoms with Crippen molar-refractivity contribution in [2.75, 3.05) is 13.2 Å². The van der Waals surface area contributed by atoms with Crippen molar-refractivity contribution >= 4 is 12.4 Å². The fourth-order valence-corrected chi connectivity index (χ4v) is 2.65. The van der Waals surface area contributed by atoms with Gasteiger partial charge in [0.2, 0.25) is 0 Å². The van der Waals surface area contributed by atoms with E-state index < -0.39 is 29.4 Å². The molecule has 0 unspecified atom stereocenters.